The van der Waals surface area contributed by atoms with Crippen molar-refractivity contribution in [2.75, 3.05) is 6.61 Å². The van der Waals surface area contributed by atoms with Gasteiger partial charge in [0.1, 0.15) is 5.75 Å². The first-order valence-electron chi connectivity index (χ1n) is 6.52. The van der Waals surface area contributed by atoms with Crippen molar-refractivity contribution in [1.29, 1.82) is 0 Å². The zero-order chi connectivity index (χ0) is 14.4. The molecule has 2 N–H and O–H groups in total. The van der Waals surface area contributed by atoms with Crippen LogP contribution in [0.25, 0.3) is 0 Å². The first-order valence-corrected chi connectivity index (χ1v) is 8.11. The lowest BCUT2D eigenvalue weighted by Gasteiger charge is -2.13. The molecule has 4 heteroatoms. The molecule has 0 aliphatic rings. The highest BCUT2D eigenvalue weighted by Gasteiger charge is 2.07. The number of hydrogen-bond donors (Lipinski definition) is 1. The minimum Gasteiger partial charge on any atom is -0.493 e. The average molecular weight is 399 g/mol. The Hall–Kier alpha value is -0.840. The number of hydrogen-bond acceptors (Lipinski definition) is 2. The summed E-state index contributed by atoms with van der Waals surface area (Å²) >= 11 is 6.97. The minimum atomic E-state index is 0.0980. The highest BCUT2D eigenvalue weighted by Crippen LogP contribution is 2.19. The van der Waals surface area contributed by atoms with Crippen LogP contribution in [0.2, 0.25) is 0 Å². The van der Waals surface area contributed by atoms with Crippen molar-refractivity contribution in [2.24, 2.45) is 5.73 Å². The molecule has 20 heavy (non-hydrogen) atoms. The highest BCUT2D eigenvalue weighted by molar-refractivity contribution is 9.10. The molecule has 1 atom stereocenters. The lowest BCUT2D eigenvalue weighted by atomic mass is 10.0. The van der Waals surface area contributed by atoms with E-state index >= 15 is 0 Å². The largest absolute Gasteiger partial charge is 0.493 e. The molecular formula is C16H17Br2NO. The van der Waals surface area contributed by atoms with Crippen LogP contribution in [0.15, 0.2) is 57.5 Å². The standard InChI is InChI=1S/C16H17Br2NO/c17-13-5-3-6-15(11-13)20-9-8-14(19)10-12-4-1-2-7-16(12)18/h1-7,11,14H,8-10,19H2. The molecule has 106 valence electrons. The third-order valence-corrected chi connectivity index (χ3v) is 4.26. The summed E-state index contributed by atoms with van der Waals surface area (Å²) in [6.07, 6.45) is 1.68. The zero-order valence-electron chi connectivity index (χ0n) is 11.1. The Morgan fingerprint density at radius 3 is 2.60 bits per heavy atom. The molecule has 0 amide bonds. The van der Waals surface area contributed by atoms with Crippen molar-refractivity contribution >= 4 is 31.9 Å². The summed E-state index contributed by atoms with van der Waals surface area (Å²) < 4.78 is 7.84. The van der Waals surface area contributed by atoms with Gasteiger partial charge in [-0.25, -0.2) is 0 Å². The first-order chi connectivity index (χ1) is 9.65. The Labute approximate surface area is 136 Å². The van der Waals surface area contributed by atoms with Gasteiger partial charge in [0.15, 0.2) is 0 Å². The summed E-state index contributed by atoms with van der Waals surface area (Å²) in [7, 11) is 0. The van der Waals surface area contributed by atoms with E-state index in [0.717, 1.165) is 27.5 Å². The Morgan fingerprint density at radius 2 is 1.85 bits per heavy atom. The van der Waals surface area contributed by atoms with Crippen molar-refractivity contribution in [2.45, 2.75) is 18.9 Å². The normalized spacial score (nSPS) is 12.2. The molecule has 0 aliphatic carbocycles. The summed E-state index contributed by atoms with van der Waals surface area (Å²) in [4.78, 5) is 0. The summed E-state index contributed by atoms with van der Waals surface area (Å²) in [5.74, 6) is 0.868. The van der Waals surface area contributed by atoms with Crippen LogP contribution in [0.1, 0.15) is 12.0 Å². The molecule has 0 aromatic heterocycles. The maximum absolute atomic E-state index is 6.16. The molecule has 2 aromatic rings. The second-order valence-electron chi connectivity index (χ2n) is 4.65. The molecule has 0 radical (unpaired) electrons. The maximum atomic E-state index is 6.16. The second kappa shape index (κ2) is 7.81. The summed E-state index contributed by atoms with van der Waals surface area (Å²) in [5, 5.41) is 0. The van der Waals surface area contributed by atoms with E-state index in [1.807, 2.05) is 42.5 Å². The number of rotatable bonds is 6. The van der Waals surface area contributed by atoms with Gasteiger partial charge in [0, 0.05) is 15.0 Å². The highest BCUT2D eigenvalue weighted by atomic mass is 79.9. The molecule has 1 unspecified atom stereocenters. The first kappa shape index (κ1) is 15.5. The van der Waals surface area contributed by atoms with Crippen LogP contribution in [0.3, 0.4) is 0 Å². The van der Waals surface area contributed by atoms with Gasteiger partial charge in [-0.05, 0) is 42.7 Å². The summed E-state index contributed by atoms with van der Waals surface area (Å²) in [5.41, 5.74) is 7.40. The third kappa shape index (κ3) is 4.93. The SMILES string of the molecule is NC(CCOc1cccc(Br)c1)Cc1ccccc1Br. The predicted molar refractivity (Wildman–Crippen MR) is 90.1 cm³/mol. The Balaban J connectivity index is 1.78. The van der Waals surface area contributed by atoms with Crippen molar-refractivity contribution in [1.82, 2.24) is 0 Å². The van der Waals surface area contributed by atoms with Gasteiger partial charge in [0.05, 0.1) is 6.61 Å². The summed E-state index contributed by atoms with van der Waals surface area (Å²) in [6, 6.07) is 16.1. The van der Waals surface area contributed by atoms with Gasteiger partial charge in [-0.1, -0.05) is 56.1 Å². The van der Waals surface area contributed by atoms with Gasteiger partial charge in [-0.2, -0.15) is 0 Å². The van der Waals surface area contributed by atoms with Crippen LogP contribution in [-0.2, 0) is 6.42 Å². The van der Waals surface area contributed by atoms with E-state index in [9.17, 15) is 0 Å². The second-order valence-corrected chi connectivity index (χ2v) is 6.42. The van der Waals surface area contributed by atoms with E-state index in [1.54, 1.807) is 0 Å². The van der Waals surface area contributed by atoms with Crippen molar-refractivity contribution < 1.29 is 4.74 Å². The average Bonchev–Trinajstić information content (AvgIpc) is 2.41. The van der Waals surface area contributed by atoms with Gasteiger partial charge >= 0.3 is 0 Å². The van der Waals surface area contributed by atoms with Gasteiger partial charge in [0.25, 0.3) is 0 Å². The quantitative estimate of drug-likeness (QED) is 0.774. The molecule has 2 rings (SSSR count). The topological polar surface area (TPSA) is 35.2 Å². The Bertz CT molecular complexity index is 560. The predicted octanol–water partition coefficient (Wildman–Crippen LogP) is 4.55. The van der Waals surface area contributed by atoms with Gasteiger partial charge in [-0.15, -0.1) is 0 Å². The van der Waals surface area contributed by atoms with Crippen LogP contribution in [0.4, 0.5) is 0 Å². The molecule has 0 bridgehead atoms. The van der Waals surface area contributed by atoms with Gasteiger partial charge in [-0.3, -0.25) is 0 Å². The van der Waals surface area contributed by atoms with Crippen LogP contribution in [-0.4, -0.2) is 12.6 Å². The smallest absolute Gasteiger partial charge is 0.120 e. The van der Waals surface area contributed by atoms with Gasteiger partial charge < -0.3 is 10.5 Å². The van der Waals surface area contributed by atoms with Crippen molar-refractivity contribution in [3.8, 4) is 5.75 Å². The molecule has 0 heterocycles. The molecule has 0 saturated carbocycles. The lowest BCUT2D eigenvalue weighted by Crippen LogP contribution is -2.25. The number of halogens is 2. The third-order valence-electron chi connectivity index (χ3n) is 2.99. The van der Waals surface area contributed by atoms with Crippen molar-refractivity contribution in [3.63, 3.8) is 0 Å². The Kier molecular flexibility index (Phi) is 6.07. The fraction of sp³-hybridized carbons (Fsp3) is 0.250. The number of nitrogens with two attached hydrogens (primary N) is 1. The van der Waals surface area contributed by atoms with E-state index < -0.39 is 0 Å². The lowest BCUT2D eigenvalue weighted by molar-refractivity contribution is 0.297. The molecule has 0 aliphatic heterocycles. The van der Waals surface area contributed by atoms with Crippen LogP contribution < -0.4 is 10.5 Å². The van der Waals surface area contributed by atoms with Crippen molar-refractivity contribution in [3.05, 3.63) is 63.0 Å². The van der Waals surface area contributed by atoms with Crippen LogP contribution >= 0.6 is 31.9 Å². The van der Waals surface area contributed by atoms with E-state index in [4.69, 9.17) is 10.5 Å². The molecule has 2 aromatic carbocycles. The van der Waals surface area contributed by atoms with Crippen LogP contribution in [0.5, 0.6) is 5.75 Å². The molecule has 0 fully saturated rings. The maximum Gasteiger partial charge on any atom is 0.120 e. The minimum absolute atomic E-state index is 0.0980. The monoisotopic (exact) mass is 397 g/mol. The number of ether oxygens (including phenoxy) is 1. The van der Waals surface area contributed by atoms with Crippen LogP contribution in [0, 0.1) is 0 Å². The number of benzene rings is 2. The molecular weight excluding hydrogens is 382 g/mol. The van der Waals surface area contributed by atoms with E-state index in [2.05, 4.69) is 37.9 Å². The fourth-order valence-electron chi connectivity index (χ4n) is 1.93. The van der Waals surface area contributed by atoms with E-state index in [1.165, 1.54) is 5.56 Å². The fourth-order valence-corrected chi connectivity index (χ4v) is 2.76. The molecule has 0 saturated heterocycles. The van der Waals surface area contributed by atoms with E-state index in [-0.39, 0.29) is 6.04 Å². The Morgan fingerprint density at radius 1 is 1.05 bits per heavy atom. The van der Waals surface area contributed by atoms with Gasteiger partial charge in [0.2, 0.25) is 0 Å². The summed E-state index contributed by atoms with van der Waals surface area (Å²) in [6.45, 7) is 0.627. The van der Waals surface area contributed by atoms with E-state index in [0.29, 0.717) is 6.61 Å². The zero-order valence-corrected chi connectivity index (χ0v) is 14.2. The molecule has 0 spiro atoms. The molecule has 2 nitrogen and oxygen atoms in total.